The van der Waals surface area contributed by atoms with E-state index in [1.165, 1.54) is 42.3 Å². The Balaban J connectivity index is 1.50. The summed E-state index contributed by atoms with van der Waals surface area (Å²) in [5, 5.41) is 21.4. The third-order valence-corrected chi connectivity index (χ3v) is 7.30. The quantitative estimate of drug-likeness (QED) is 0.433. The van der Waals surface area contributed by atoms with Gasteiger partial charge in [0, 0.05) is 30.7 Å². The van der Waals surface area contributed by atoms with E-state index >= 15 is 0 Å². The number of aliphatic hydroxyl groups excluding tert-OH is 1. The highest BCUT2D eigenvalue weighted by atomic mass is 19.1. The zero-order valence-electron chi connectivity index (χ0n) is 21.5. The third kappa shape index (κ3) is 6.62. The summed E-state index contributed by atoms with van der Waals surface area (Å²) in [4.78, 5) is 11.8. The molecule has 2 aromatic carbocycles. The zero-order chi connectivity index (χ0) is 25.2. The Labute approximate surface area is 208 Å². The Kier molecular flexibility index (Phi) is 7.53. The maximum absolute atomic E-state index is 13.7. The van der Waals surface area contributed by atoms with Crippen LogP contribution in [0.4, 0.5) is 10.1 Å². The van der Waals surface area contributed by atoms with Crippen molar-refractivity contribution in [3.63, 3.8) is 0 Å². The second-order valence-electron chi connectivity index (χ2n) is 11.8. The molecule has 1 fully saturated rings. The van der Waals surface area contributed by atoms with Crippen molar-refractivity contribution in [2.24, 2.45) is 5.41 Å². The summed E-state index contributed by atoms with van der Waals surface area (Å²) in [5.74, 6) is -0.530. The Hall–Kier alpha value is -2.44. The Morgan fingerprint density at radius 3 is 2.60 bits per heavy atom. The van der Waals surface area contributed by atoms with Crippen LogP contribution in [0.3, 0.4) is 0 Å². The van der Waals surface area contributed by atoms with E-state index in [0.717, 1.165) is 31.2 Å². The molecule has 3 atom stereocenters. The summed E-state index contributed by atoms with van der Waals surface area (Å²) in [5.41, 5.74) is 4.82. The van der Waals surface area contributed by atoms with E-state index in [9.17, 15) is 14.3 Å². The molecule has 0 radical (unpaired) electrons. The summed E-state index contributed by atoms with van der Waals surface area (Å²) in [6, 6.07) is 12.7. The summed E-state index contributed by atoms with van der Waals surface area (Å²) >= 11 is 0. The van der Waals surface area contributed by atoms with E-state index < -0.39 is 12.1 Å². The number of rotatable bonds is 8. The second kappa shape index (κ2) is 10.3. The van der Waals surface area contributed by atoms with Gasteiger partial charge in [-0.15, -0.1) is 0 Å². The molecule has 1 heterocycles. The minimum absolute atomic E-state index is 0.119. The van der Waals surface area contributed by atoms with Crippen molar-refractivity contribution in [2.45, 2.75) is 89.9 Å². The number of hydrogen-bond acceptors (Lipinski definition) is 4. The maximum atomic E-state index is 13.7. The van der Waals surface area contributed by atoms with Crippen LogP contribution < -0.4 is 16.0 Å². The molecule has 5 nitrogen and oxygen atoms in total. The van der Waals surface area contributed by atoms with Crippen molar-refractivity contribution in [2.75, 3.05) is 11.9 Å². The number of anilines is 1. The molecule has 1 saturated carbocycles. The predicted molar refractivity (Wildman–Crippen MR) is 139 cm³/mol. The monoisotopic (exact) mass is 481 g/mol. The van der Waals surface area contributed by atoms with Gasteiger partial charge in [0.1, 0.15) is 5.82 Å². The lowest BCUT2D eigenvalue weighted by Gasteiger charge is -2.50. The summed E-state index contributed by atoms with van der Waals surface area (Å²) in [6.07, 6.45) is 5.08. The minimum Gasteiger partial charge on any atom is -0.390 e. The molecule has 4 rings (SSSR count). The van der Waals surface area contributed by atoms with E-state index in [4.69, 9.17) is 0 Å². The molecule has 1 amide bonds. The molecule has 6 heteroatoms. The number of halogens is 1. The SMILES string of the molecule is CC(=O)N[C@@H](Cc1cccc(F)c1)[C@H](O)CN[C@H]1CC2(CCC2)Nc2ccc(CC(C)(C)C)cc21. The molecule has 1 aliphatic carbocycles. The number of carbonyl (C=O) groups is 1. The Morgan fingerprint density at radius 1 is 1.20 bits per heavy atom. The molecule has 35 heavy (non-hydrogen) atoms. The number of carbonyl (C=O) groups excluding carboxylic acids is 1. The summed E-state index contributed by atoms with van der Waals surface area (Å²) in [6.45, 7) is 8.53. The van der Waals surface area contributed by atoms with Gasteiger partial charge in [0.25, 0.3) is 0 Å². The molecule has 0 aromatic heterocycles. The number of aliphatic hydroxyl groups is 1. The van der Waals surface area contributed by atoms with Gasteiger partial charge in [-0.3, -0.25) is 4.79 Å². The van der Waals surface area contributed by atoms with Gasteiger partial charge in [0.05, 0.1) is 12.1 Å². The average molecular weight is 482 g/mol. The summed E-state index contributed by atoms with van der Waals surface area (Å²) in [7, 11) is 0. The van der Waals surface area contributed by atoms with Crippen LogP contribution in [0.15, 0.2) is 42.5 Å². The van der Waals surface area contributed by atoms with Crippen molar-refractivity contribution >= 4 is 11.6 Å². The van der Waals surface area contributed by atoms with Crippen molar-refractivity contribution < 1.29 is 14.3 Å². The van der Waals surface area contributed by atoms with Crippen LogP contribution >= 0.6 is 0 Å². The largest absolute Gasteiger partial charge is 0.390 e. The predicted octanol–water partition coefficient (Wildman–Crippen LogP) is 4.89. The first-order valence-corrected chi connectivity index (χ1v) is 12.9. The van der Waals surface area contributed by atoms with Crippen LogP contribution in [0.1, 0.15) is 76.1 Å². The fraction of sp³-hybridized carbons (Fsp3) is 0.552. The maximum Gasteiger partial charge on any atom is 0.217 e. The Morgan fingerprint density at radius 2 is 1.97 bits per heavy atom. The molecular formula is C29H40FN3O2. The van der Waals surface area contributed by atoms with Crippen LogP contribution in [0.5, 0.6) is 0 Å². The zero-order valence-corrected chi connectivity index (χ0v) is 21.5. The number of hydrogen-bond donors (Lipinski definition) is 4. The van der Waals surface area contributed by atoms with E-state index in [1.54, 1.807) is 6.07 Å². The first-order valence-electron chi connectivity index (χ1n) is 12.9. The van der Waals surface area contributed by atoms with E-state index in [-0.39, 0.29) is 28.7 Å². The normalized spacial score (nSPS) is 20.3. The number of fused-ring (bicyclic) bond motifs is 1. The molecule has 2 aromatic rings. The van der Waals surface area contributed by atoms with E-state index in [2.05, 4.69) is 54.9 Å². The van der Waals surface area contributed by atoms with Gasteiger partial charge >= 0.3 is 0 Å². The topological polar surface area (TPSA) is 73.4 Å². The van der Waals surface area contributed by atoms with Gasteiger partial charge in [-0.25, -0.2) is 4.39 Å². The molecule has 4 N–H and O–H groups in total. The fourth-order valence-corrected chi connectivity index (χ4v) is 5.56. The van der Waals surface area contributed by atoms with Gasteiger partial charge in [0.2, 0.25) is 5.91 Å². The Bertz CT molecular complexity index is 1040. The van der Waals surface area contributed by atoms with Crippen molar-refractivity contribution in [1.82, 2.24) is 10.6 Å². The lowest BCUT2D eigenvalue weighted by atomic mass is 9.69. The minimum atomic E-state index is -0.810. The molecule has 190 valence electrons. The number of benzene rings is 2. The first-order chi connectivity index (χ1) is 16.5. The van der Waals surface area contributed by atoms with Crippen LogP contribution in [-0.4, -0.2) is 35.2 Å². The average Bonchev–Trinajstić information content (AvgIpc) is 2.74. The highest BCUT2D eigenvalue weighted by Crippen LogP contribution is 2.47. The lowest BCUT2D eigenvalue weighted by Crippen LogP contribution is -2.53. The lowest BCUT2D eigenvalue weighted by molar-refractivity contribution is -0.120. The molecule has 0 bridgehead atoms. The summed E-state index contributed by atoms with van der Waals surface area (Å²) < 4.78 is 13.7. The van der Waals surface area contributed by atoms with Crippen molar-refractivity contribution in [3.8, 4) is 0 Å². The fourth-order valence-electron chi connectivity index (χ4n) is 5.56. The van der Waals surface area contributed by atoms with Gasteiger partial charge in [-0.2, -0.15) is 0 Å². The van der Waals surface area contributed by atoms with Crippen LogP contribution in [-0.2, 0) is 17.6 Å². The molecular weight excluding hydrogens is 441 g/mol. The highest BCUT2D eigenvalue weighted by Gasteiger charge is 2.43. The number of amides is 1. The van der Waals surface area contributed by atoms with Gasteiger partial charge in [-0.1, -0.05) is 45.0 Å². The van der Waals surface area contributed by atoms with E-state index in [1.807, 2.05) is 6.07 Å². The smallest absolute Gasteiger partial charge is 0.217 e. The molecule has 1 spiro atoms. The first kappa shape index (κ1) is 25.6. The molecule has 0 unspecified atom stereocenters. The van der Waals surface area contributed by atoms with Crippen LogP contribution in [0.2, 0.25) is 0 Å². The van der Waals surface area contributed by atoms with Crippen molar-refractivity contribution in [1.29, 1.82) is 0 Å². The number of nitrogens with one attached hydrogen (secondary N) is 3. The third-order valence-electron chi connectivity index (χ3n) is 7.30. The van der Waals surface area contributed by atoms with Crippen LogP contribution in [0.25, 0.3) is 0 Å². The molecule has 1 aliphatic heterocycles. The van der Waals surface area contributed by atoms with Gasteiger partial charge in [0.15, 0.2) is 0 Å². The van der Waals surface area contributed by atoms with Gasteiger partial charge < -0.3 is 21.1 Å². The van der Waals surface area contributed by atoms with Crippen molar-refractivity contribution in [3.05, 3.63) is 65.0 Å². The second-order valence-corrected chi connectivity index (χ2v) is 11.8. The highest BCUT2D eigenvalue weighted by molar-refractivity contribution is 5.73. The standard InChI is InChI=1S/C29H40FN3O2/c1-19(34)32-25(15-20-7-5-8-22(30)13-20)27(35)18-31-26-17-29(11-6-12-29)33-24-10-9-21(14-23(24)26)16-28(2,3)4/h5,7-10,13-14,25-27,31,33,35H,6,11-12,15-18H2,1-4H3,(H,32,34)/t25-,26-,27+/m0/s1. The molecule has 0 saturated heterocycles. The van der Waals surface area contributed by atoms with Gasteiger partial charge in [-0.05, 0) is 78.8 Å². The molecule has 2 aliphatic rings. The van der Waals surface area contributed by atoms with E-state index in [0.29, 0.717) is 13.0 Å². The van der Waals surface area contributed by atoms with Crippen LogP contribution in [0, 0.1) is 11.2 Å².